The van der Waals surface area contributed by atoms with Crippen molar-refractivity contribution in [1.82, 2.24) is 10.2 Å². The topological polar surface area (TPSA) is 15.3 Å². The van der Waals surface area contributed by atoms with E-state index < -0.39 is 0 Å². The first kappa shape index (κ1) is 13.5. The van der Waals surface area contributed by atoms with Gasteiger partial charge in [-0.05, 0) is 43.7 Å². The molecule has 0 aromatic heterocycles. The Morgan fingerprint density at radius 2 is 1.84 bits per heavy atom. The van der Waals surface area contributed by atoms with Crippen molar-refractivity contribution in [1.29, 1.82) is 0 Å². The molecule has 0 amide bonds. The number of hydrogen-bond donors (Lipinski definition) is 1. The molecular formula is C16H24N2S. The van der Waals surface area contributed by atoms with E-state index >= 15 is 0 Å². The molecule has 0 bridgehead atoms. The minimum absolute atomic E-state index is 0.760. The molecular weight excluding hydrogens is 252 g/mol. The lowest BCUT2D eigenvalue weighted by Gasteiger charge is -2.33. The number of nitrogens with zero attached hydrogens (tertiary/aromatic N) is 1. The predicted octanol–water partition coefficient (Wildman–Crippen LogP) is 2.75. The van der Waals surface area contributed by atoms with E-state index in [4.69, 9.17) is 0 Å². The van der Waals surface area contributed by atoms with Gasteiger partial charge in [-0.15, -0.1) is 0 Å². The van der Waals surface area contributed by atoms with Gasteiger partial charge in [0.05, 0.1) is 0 Å². The van der Waals surface area contributed by atoms with Gasteiger partial charge >= 0.3 is 0 Å². The molecule has 1 atom stereocenters. The Kier molecular flexibility index (Phi) is 4.81. The lowest BCUT2D eigenvalue weighted by Crippen LogP contribution is -2.46. The first-order valence-electron chi connectivity index (χ1n) is 7.50. The van der Waals surface area contributed by atoms with Gasteiger partial charge in [-0.2, -0.15) is 11.8 Å². The summed E-state index contributed by atoms with van der Waals surface area (Å²) in [5.41, 5.74) is 1.45. The Balaban J connectivity index is 1.41. The molecule has 0 aliphatic carbocycles. The fourth-order valence-corrected chi connectivity index (χ4v) is 4.26. The third-order valence-electron chi connectivity index (χ3n) is 4.24. The molecule has 2 aliphatic heterocycles. The monoisotopic (exact) mass is 276 g/mol. The molecule has 0 radical (unpaired) electrons. The number of benzene rings is 1. The van der Waals surface area contributed by atoms with Gasteiger partial charge in [0, 0.05) is 24.4 Å². The van der Waals surface area contributed by atoms with E-state index in [2.05, 4.69) is 52.3 Å². The molecule has 3 rings (SSSR count). The standard InChI is InChI=1S/C16H24N2S/c1-2-4-14(5-3-1)12-18-9-6-15(7-10-18)17-16-8-11-19-13-16/h1-5,15-17H,6-13H2/t16-/m0/s1. The molecule has 0 spiro atoms. The number of likely N-dealkylation sites (tertiary alicyclic amines) is 1. The van der Waals surface area contributed by atoms with E-state index in [1.165, 1.54) is 49.4 Å². The van der Waals surface area contributed by atoms with Crippen LogP contribution in [0.25, 0.3) is 0 Å². The number of nitrogens with one attached hydrogen (secondary N) is 1. The number of piperidine rings is 1. The van der Waals surface area contributed by atoms with E-state index in [0.717, 1.165) is 18.6 Å². The molecule has 1 aromatic rings. The van der Waals surface area contributed by atoms with Crippen LogP contribution in [-0.4, -0.2) is 41.6 Å². The molecule has 2 saturated heterocycles. The van der Waals surface area contributed by atoms with Crippen molar-refractivity contribution < 1.29 is 0 Å². The van der Waals surface area contributed by atoms with Crippen molar-refractivity contribution in [3.8, 4) is 0 Å². The van der Waals surface area contributed by atoms with Crippen molar-refractivity contribution in [3.05, 3.63) is 35.9 Å². The number of rotatable bonds is 4. The van der Waals surface area contributed by atoms with Gasteiger partial charge in [-0.3, -0.25) is 4.90 Å². The number of hydrogen-bond acceptors (Lipinski definition) is 3. The highest BCUT2D eigenvalue weighted by Gasteiger charge is 2.23. The largest absolute Gasteiger partial charge is 0.310 e. The molecule has 104 valence electrons. The van der Waals surface area contributed by atoms with Gasteiger partial charge in [-0.1, -0.05) is 30.3 Å². The zero-order chi connectivity index (χ0) is 12.9. The fraction of sp³-hybridized carbons (Fsp3) is 0.625. The van der Waals surface area contributed by atoms with Gasteiger partial charge in [-0.25, -0.2) is 0 Å². The SMILES string of the molecule is c1ccc(CN2CCC(N[C@H]3CCSC3)CC2)cc1. The average molecular weight is 276 g/mol. The first-order valence-corrected chi connectivity index (χ1v) is 8.66. The zero-order valence-corrected chi connectivity index (χ0v) is 12.4. The second-order valence-electron chi connectivity index (χ2n) is 5.76. The van der Waals surface area contributed by atoms with Crippen LogP contribution in [0.4, 0.5) is 0 Å². The van der Waals surface area contributed by atoms with E-state index in [1.54, 1.807) is 0 Å². The van der Waals surface area contributed by atoms with Crippen LogP contribution in [0, 0.1) is 0 Å². The quantitative estimate of drug-likeness (QED) is 0.910. The predicted molar refractivity (Wildman–Crippen MR) is 83.6 cm³/mol. The fourth-order valence-electron chi connectivity index (χ4n) is 3.10. The van der Waals surface area contributed by atoms with Crippen molar-refractivity contribution in [2.24, 2.45) is 0 Å². The van der Waals surface area contributed by atoms with Gasteiger partial charge in [0.15, 0.2) is 0 Å². The highest BCUT2D eigenvalue weighted by molar-refractivity contribution is 7.99. The summed E-state index contributed by atoms with van der Waals surface area (Å²) in [5, 5.41) is 3.85. The molecule has 2 nitrogen and oxygen atoms in total. The van der Waals surface area contributed by atoms with E-state index in [-0.39, 0.29) is 0 Å². The molecule has 2 heterocycles. The lowest BCUT2D eigenvalue weighted by molar-refractivity contribution is 0.185. The Morgan fingerprint density at radius 3 is 2.53 bits per heavy atom. The van der Waals surface area contributed by atoms with Crippen LogP contribution in [0.3, 0.4) is 0 Å². The van der Waals surface area contributed by atoms with Crippen molar-refractivity contribution in [2.45, 2.75) is 37.9 Å². The second-order valence-corrected chi connectivity index (χ2v) is 6.91. The highest BCUT2D eigenvalue weighted by atomic mass is 32.2. The highest BCUT2D eigenvalue weighted by Crippen LogP contribution is 2.20. The van der Waals surface area contributed by atoms with Crippen LogP contribution in [0.15, 0.2) is 30.3 Å². The summed E-state index contributed by atoms with van der Waals surface area (Å²) in [7, 11) is 0. The van der Waals surface area contributed by atoms with Crippen LogP contribution in [-0.2, 0) is 6.54 Å². The second kappa shape index (κ2) is 6.78. The van der Waals surface area contributed by atoms with Crippen LogP contribution in [0.5, 0.6) is 0 Å². The summed E-state index contributed by atoms with van der Waals surface area (Å²) >= 11 is 2.10. The minimum atomic E-state index is 0.760. The normalized spacial score (nSPS) is 25.8. The minimum Gasteiger partial charge on any atom is -0.310 e. The molecule has 1 N–H and O–H groups in total. The molecule has 2 aliphatic rings. The van der Waals surface area contributed by atoms with E-state index in [9.17, 15) is 0 Å². The summed E-state index contributed by atoms with van der Waals surface area (Å²) in [4.78, 5) is 2.59. The molecule has 2 fully saturated rings. The Labute approximate surface area is 121 Å². The van der Waals surface area contributed by atoms with Crippen LogP contribution >= 0.6 is 11.8 Å². The average Bonchev–Trinajstić information content (AvgIpc) is 2.95. The van der Waals surface area contributed by atoms with Crippen LogP contribution in [0.2, 0.25) is 0 Å². The summed E-state index contributed by atoms with van der Waals surface area (Å²) in [6, 6.07) is 12.4. The van der Waals surface area contributed by atoms with Gasteiger partial charge in [0.1, 0.15) is 0 Å². The number of thioether (sulfide) groups is 1. The lowest BCUT2D eigenvalue weighted by atomic mass is 10.0. The maximum absolute atomic E-state index is 3.85. The molecule has 0 unspecified atom stereocenters. The third kappa shape index (κ3) is 3.98. The van der Waals surface area contributed by atoms with E-state index in [0.29, 0.717) is 0 Å². The third-order valence-corrected chi connectivity index (χ3v) is 5.40. The Morgan fingerprint density at radius 1 is 1.05 bits per heavy atom. The van der Waals surface area contributed by atoms with Crippen molar-refractivity contribution >= 4 is 11.8 Å². The zero-order valence-electron chi connectivity index (χ0n) is 11.6. The van der Waals surface area contributed by atoms with Crippen LogP contribution in [0.1, 0.15) is 24.8 Å². The van der Waals surface area contributed by atoms with Crippen LogP contribution < -0.4 is 5.32 Å². The smallest absolute Gasteiger partial charge is 0.0233 e. The Bertz CT molecular complexity index is 368. The van der Waals surface area contributed by atoms with Gasteiger partial charge < -0.3 is 5.32 Å². The molecule has 3 heteroatoms. The first-order chi connectivity index (χ1) is 9.40. The van der Waals surface area contributed by atoms with E-state index in [1.807, 2.05) is 0 Å². The summed E-state index contributed by atoms with van der Waals surface area (Å²) < 4.78 is 0. The maximum atomic E-state index is 3.85. The molecule has 0 saturated carbocycles. The Hall–Kier alpha value is -0.510. The van der Waals surface area contributed by atoms with Crippen molar-refractivity contribution in [2.75, 3.05) is 24.6 Å². The summed E-state index contributed by atoms with van der Waals surface area (Å²) in [6.07, 6.45) is 4.00. The summed E-state index contributed by atoms with van der Waals surface area (Å²) in [6.45, 7) is 3.60. The molecule has 19 heavy (non-hydrogen) atoms. The van der Waals surface area contributed by atoms with Crippen molar-refractivity contribution in [3.63, 3.8) is 0 Å². The maximum Gasteiger partial charge on any atom is 0.0233 e. The summed E-state index contributed by atoms with van der Waals surface area (Å²) in [5.74, 6) is 2.68. The molecule has 1 aromatic carbocycles. The van der Waals surface area contributed by atoms with Gasteiger partial charge in [0.2, 0.25) is 0 Å². The van der Waals surface area contributed by atoms with Gasteiger partial charge in [0.25, 0.3) is 0 Å².